The lowest BCUT2D eigenvalue weighted by molar-refractivity contribution is 0.666. The first kappa shape index (κ1) is 17.7. The molecule has 0 fully saturated rings. The fourth-order valence-corrected chi connectivity index (χ4v) is 4.08. The molecule has 6 aromatic rings. The van der Waals surface area contributed by atoms with Gasteiger partial charge in [-0.3, -0.25) is 0 Å². The van der Waals surface area contributed by atoms with Crippen molar-refractivity contribution >= 4 is 38.8 Å². The van der Waals surface area contributed by atoms with Crippen LogP contribution in [0, 0.1) is 0 Å². The van der Waals surface area contributed by atoms with Gasteiger partial charge in [-0.2, -0.15) is 0 Å². The van der Waals surface area contributed by atoms with Crippen LogP contribution in [0.2, 0.25) is 0 Å². The maximum atomic E-state index is 6.14. The topological polar surface area (TPSA) is 66.7 Å². The lowest BCUT2D eigenvalue weighted by atomic mass is 10.1. The Bertz CT molecular complexity index is 1510. The van der Waals surface area contributed by atoms with Crippen LogP contribution in [0.15, 0.2) is 89.5 Å². The van der Waals surface area contributed by atoms with E-state index in [9.17, 15) is 0 Å². The van der Waals surface area contributed by atoms with E-state index in [1.54, 1.807) is 0 Å². The zero-order valence-electron chi connectivity index (χ0n) is 16.8. The molecule has 0 radical (unpaired) electrons. The molecular formula is C26H20N4O. The van der Waals surface area contributed by atoms with Gasteiger partial charge < -0.3 is 14.7 Å². The number of furan rings is 1. The Hall–Kier alpha value is -4.12. The van der Waals surface area contributed by atoms with Gasteiger partial charge in [-0.1, -0.05) is 60.7 Å². The number of anilines is 1. The molecular weight excluding hydrogens is 384 g/mol. The highest BCUT2D eigenvalue weighted by Gasteiger charge is 2.16. The summed E-state index contributed by atoms with van der Waals surface area (Å²) in [6.45, 7) is 0.735. The van der Waals surface area contributed by atoms with Crippen LogP contribution < -0.4 is 5.32 Å². The smallest absolute Gasteiger partial charge is 0.196 e. The van der Waals surface area contributed by atoms with Crippen LogP contribution in [0.5, 0.6) is 0 Å². The quantitative estimate of drug-likeness (QED) is 0.360. The average Bonchev–Trinajstić information content (AvgIpc) is 3.41. The van der Waals surface area contributed by atoms with Gasteiger partial charge in [0, 0.05) is 34.6 Å². The molecule has 0 saturated heterocycles. The summed E-state index contributed by atoms with van der Waals surface area (Å²) in [7, 11) is 0. The van der Waals surface area contributed by atoms with Gasteiger partial charge in [-0.05, 0) is 30.2 Å². The van der Waals surface area contributed by atoms with E-state index in [0.717, 1.165) is 46.3 Å². The number of rotatable bonds is 5. The van der Waals surface area contributed by atoms with Gasteiger partial charge in [-0.15, -0.1) is 0 Å². The summed E-state index contributed by atoms with van der Waals surface area (Å²) < 4.78 is 6.14. The van der Waals surface area contributed by atoms with E-state index >= 15 is 0 Å². The minimum Gasteiger partial charge on any atom is -0.450 e. The molecule has 5 heteroatoms. The van der Waals surface area contributed by atoms with E-state index in [1.165, 1.54) is 10.9 Å². The largest absolute Gasteiger partial charge is 0.450 e. The van der Waals surface area contributed by atoms with Crippen molar-refractivity contribution in [2.24, 2.45) is 0 Å². The molecule has 0 aliphatic rings. The number of hydrogen-bond donors (Lipinski definition) is 2. The monoisotopic (exact) mass is 404 g/mol. The molecule has 150 valence electrons. The first-order chi connectivity index (χ1) is 15.4. The van der Waals surface area contributed by atoms with Crippen LogP contribution in [0.4, 0.5) is 5.82 Å². The van der Waals surface area contributed by atoms with Crippen molar-refractivity contribution in [3.8, 4) is 11.4 Å². The molecule has 2 N–H and O–H groups in total. The Balaban J connectivity index is 1.39. The lowest BCUT2D eigenvalue weighted by Crippen LogP contribution is -2.07. The molecule has 0 aliphatic carbocycles. The predicted octanol–water partition coefficient (Wildman–Crippen LogP) is 6.18. The molecule has 0 atom stereocenters. The number of para-hydroxylation sites is 2. The number of hydrogen-bond acceptors (Lipinski definition) is 4. The molecule has 0 unspecified atom stereocenters. The van der Waals surface area contributed by atoms with E-state index in [1.807, 2.05) is 60.7 Å². The number of H-pyrrole nitrogens is 1. The van der Waals surface area contributed by atoms with Crippen molar-refractivity contribution in [1.29, 1.82) is 0 Å². The molecule has 3 aromatic heterocycles. The van der Waals surface area contributed by atoms with Gasteiger partial charge in [0.25, 0.3) is 0 Å². The normalized spacial score (nSPS) is 11.5. The molecule has 0 bridgehead atoms. The number of fused-ring (bicyclic) bond motifs is 4. The highest BCUT2D eigenvalue weighted by molar-refractivity contribution is 6.06. The second-order valence-electron chi connectivity index (χ2n) is 7.57. The van der Waals surface area contributed by atoms with Crippen molar-refractivity contribution in [2.45, 2.75) is 6.42 Å². The van der Waals surface area contributed by atoms with Gasteiger partial charge in [0.05, 0.1) is 0 Å². The summed E-state index contributed by atoms with van der Waals surface area (Å²) >= 11 is 0. The second kappa shape index (κ2) is 7.29. The van der Waals surface area contributed by atoms with Gasteiger partial charge in [0.1, 0.15) is 11.1 Å². The summed E-state index contributed by atoms with van der Waals surface area (Å²) in [5.41, 5.74) is 5.76. The number of aromatic nitrogens is 3. The zero-order chi connectivity index (χ0) is 20.6. The molecule has 3 heterocycles. The predicted molar refractivity (Wildman–Crippen MR) is 125 cm³/mol. The fourth-order valence-electron chi connectivity index (χ4n) is 4.08. The van der Waals surface area contributed by atoms with Crippen molar-refractivity contribution in [3.05, 3.63) is 90.6 Å². The van der Waals surface area contributed by atoms with Gasteiger partial charge in [-0.25, -0.2) is 9.97 Å². The van der Waals surface area contributed by atoms with E-state index in [0.29, 0.717) is 11.4 Å². The third kappa shape index (κ3) is 3.11. The van der Waals surface area contributed by atoms with Crippen molar-refractivity contribution < 1.29 is 4.42 Å². The Labute approximate surface area is 178 Å². The first-order valence-corrected chi connectivity index (χ1v) is 10.4. The van der Waals surface area contributed by atoms with Crippen LogP contribution in [-0.4, -0.2) is 21.5 Å². The van der Waals surface area contributed by atoms with Gasteiger partial charge in [0.15, 0.2) is 17.2 Å². The molecule has 3 aromatic carbocycles. The maximum Gasteiger partial charge on any atom is 0.196 e. The van der Waals surface area contributed by atoms with E-state index in [4.69, 9.17) is 14.4 Å². The molecule has 6 rings (SSSR count). The van der Waals surface area contributed by atoms with Crippen molar-refractivity contribution in [1.82, 2.24) is 15.0 Å². The minimum atomic E-state index is 0.689. The van der Waals surface area contributed by atoms with E-state index in [2.05, 4.69) is 34.7 Å². The summed E-state index contributed by atoms with van der Waals surface area (Å²) in [6.07, 6.45) is 2.95. The molecule has 0 spiro atoms. The standard InChI is InChI=1S/C26H20N4O/c1-2-8-17(9-3-1)25-29-23-20-11-5-7-13-22(20)31-24(23)26(30-25)27-15-14-18-16-28-21-12-6-4-10-19(18)21/h1-13,16,28H,14-15H2,(H,27,29,30). The Morgan fingerprint density at radius 3 is 2.48 bits per heavy atom. The third-order valence-corrected chi connectivity index (χ3v) is 5.61. The number of aromatic amines is 1. The highest BCUT2D eigenvalue weighted by Crippen LogP contribution is 2.33. The fraction of sp³-hybridized carbons (Fsp3) is 0.0769. The first-order valence-electron chi connectivity index (χ1n) is 10.4. The molecule has 0 aliphatic heterocycles. The summed E-state index contributed by atoms with van der Waals surface area (Å²) in [6, 6.07) is 26.4. The minimum absolute atomic E-state index is 0.689. The van der Waals surface area contributed by atoms with Crippen LogP contribution in [-0.2, 0) is 6.42 Å². The van der Waals surface area contributed by atoms with Crippen LogP contribution in [0.25, 0.3) is 44.4 Å². The number of nitrogens with zero attached hydrogens (tertiary/aromatic N) is 2. The summed E-state index contributed by atoms with van der Waals surface area (Å²) in [5.74, 6) is 1.41. The van der Waals surface area contributed by atoms with Crippen LogP contribution in [0.3, 0.4) is 0 Å². The Morgan fingerprint density at radius 2 is 1.58 bits per heavy atom. The van der Waals surface area contributed by atoms with Gasteiger partial charge in [0.2, 0.25) is 0 Å². The average molecular weight is 404 g/mol. The molecule has 5 nitrogen and oxygen atoms in total. The third-order valence-electron chi connectivity index (χ3n) is 5.61. The number of nitrogens with one attached hydrogen (secondary N) is 2. The molecule has 31 heavy (non-hydrogen) atoms. The van der Waals surface area contributed by atoms with Crippen molar-refractivity contribution in [3.63, 3.8) is 0 Å². The van der Waals surface area contributed by atoms with E-state index in [-0.39, 0.29) is 0 Å². The van der Waals surface area contributed by atoms with E-state index < -0.39 is 0 Å². The van der Waals surface area contributed by atoms with Crippen LogP contribution >= 0.6 is 0 Å². The van der Waals surface area contributed by atoms with Crippen LogP contribution in [0.1, 0.15) is 5.56 Å². The maximum absolute atomic E-state index is 6.14. The highest BCUT2D eigenvalue weighted by atomic mass is 16.3. The number of benzene rings is 3. The van der Waals surface area contributed by atoms with Gasteiger partial charge >= 0.3 is 0 Å². The summed E-state index contributed by atoms with van der Waals surface area (Å²) in [5, 5.41) is 5.76. The Morgan fingerprint density at radius 1 is 0.806 bits per heavy atom. The Kier molecular flexibility index (Phi) is 4.17. The lowest BCUT2D eigenvalue weighted by Gasteiger charge is -2.08. The second-order valence-corrected chi connectivity index (χ2v) is 7.57. The molecule has 0 saturated carbocycles. The summed E-state index contributed by atoms with van der Waals surface area (Å²) in [4.78, 5) is 13.0. The zero-order valence-corrected chi connectivity index (χ0v) is 16.8. The van der Waals surface area contributed by atoms with Crippen molar-refractivity contribution in [2.75, 3.05) is 11.9 Å². The SMILES string of the molecule is c1ccc(-c2nc(NCCc3c[nH]c4ccccc34)c3oc4ccccc4c3n2)cc1. The molecule has 0 amide bonds.